The van der Waals surface area contributed by atoms with Crippen molar-refractivity contribution in [3.05, 3.63) is 28.2 Å². The number of carbonyl (C=O) groups is 1. The van der Waals surface area contributed by atoms with Crippen molar-refractivity contribution in [2.24, 2.45) is 5.92 Å². The van der Waals surface area contributed by atoms with Gasteiger partial charge in [-0.25, -0.2) is 8.42 Å². The van der Waals surface area contributed by atoms with Gasteiger partial charge in [0.1, 0.15) is 0 Å². The zero-order chi connectivity index (χ0) is 14.9. The molecular weight excluding hydrogens is 325 g/mol. The van der Waals surface area contributed by atoms with E-state index in [1.54, 1.807) is 0 Å². The van der Waals surface area contributed by atoms with Crippen LogP contribution in [0.15, 0.2) is 23.1 Å². The molecule has 20 heavy (non-hydrogen) atoms. The lowest BCUT2D eigenvalue weighted by molar-refractivity contribution is -0.142. The van der Waals surface area contributed by atoms with Gasteiger partial charge >= 0.3 is 5.97 Å². The van der Waals surface area contributed by atoms with Crippen LogP contribution in [0, 0.1) is 5.92 Å². The van der Waals surface area contributed by atoms with E-state index in [9.17, 15) is 13.2 Å². The summed E-state index contributed by atoms with van der Waals surface area (Å²) in [4.78, 5) is 10.9. The summed E-state index contributed by atoms with van der Waals surface area (Å²) in [5.74, 6) is -1.36. The van der Waals surface area contributed by atoms with Gasteiger partial charge in [-0.15, -0.1) is 0 Å². The van der Waals surface area contributed by atoms with Gasteiger partial charge in [0.25, 0.3) is 0 Å². The number of benzene rings is 1. The number of halogens is 2. The molecule has 1 saturated heterocycles. The average molecular weight is 338 g/mol. The molecule has 0 atom stereocenters. The molecule has 1 aliphatic heterocycles. The summed E-state index contributed by atoms with van der Waals surface area (Å²) in [6.45, 7) is 0.368. The summed E-state index contributed by atoms with van der Waals surface area (Å²) in [6.07, 6.45) is 0.617. The quantitative estimate of drug-likeness (QED) is 0.919. The van der Waals surface area contributed by atoms with Gasteiger partial charge in [0.05, 0.1) is 10.8 Å². The summed E-state index contributed by atoms with van der Waals surface area (Å²) in [6, 6.07) is 4.14. The lowest BCUT2D eigenvalue weighted by Gasteiger charge is -2.29. The zero-order valence-corrected chi connectivity index (χ0v) is 12.7. The summed E-state index contributed by atoms with van der Waals surface area (Å²) >= 11 is 11.6. The number of piperidine rings is 1. The van der Waals surface area contributed by atoms with Crippen molar-refractivity contribution in [1.82, 2.24) is 4.31 Å². The lowest BCUT2D eigenvalue weighted by atomic mass is 9.99. The Labute approximate surface area is 127 Å². The third kappa shape index (κ3) is 3.25. The van der Waals surface area contributed by atoms with Crippen LogP contribution in [0.25, 0.3) is 0 Å². The van der Waals surface area contributed by atoms with Crippen LogP contribution in [0.5, 0.6) is 0 Å². The summed E-state index contributed by atoms with van der Waals surface area (Å²) in [5, 5.41) is 9.41. The fourth-order valence-electron chi connectivity index (χ4n) is 2.17. The fourth-order valence-corrected chi connectivity index (χ4v) is 4.37. The maximum atomic E-state index is 12.4. The van der Waals surface area contributed by atoms with E-state index in [4.69, 9.17) is 28.3 Å². The van der Waals surface area contributed by atoms with Gasteiger partial charge in [0.15, 0.2) is 0 Å². The molecule has 0 aliphatic carbocycles. The Balaban J connectivity index is 2.21. The molecule has 1 aliphatic rings. The topological polar surface area (TPSA) is 74.7 Å². The average Bonchev–Trinajstić information content (AvgIpc) is 2.37. The first-order valence-electron chi connectivity index (χ1n) is 6.00. The molecule has 1 heterocycles. The van der Waals surface area contributed by atoms with Gasteiger partial charge in [0.2, 0.25) is 10.0 Å². The van der Waals surface area contributed by atoms with Crippen molar-refractivity contribution >= 4 is 39.2 Å². The summed E-state index contributed by atoms with van der Waals surface area (Å²) < 4.78 is 26.1. The molecule has 0 bridgehead atoms. The van der Waals surface area contributed by atoms with E-state index in [2.05, 4.69) is 0 Å². The van der Waals surface area contributed by atoms with E-state index in [-0.39, 0.29) is 28.0 Å². The number of hydrogen-bond donors (Lipinski definition) is 1. The number of sulfonamides is 1. The Bertz CT molecular complexity index is 604. The monoisotopic (exact) mass is 337 g/mol. The normalized spacial score (nSPS) is 18.1. The highest BCUT2D eigenvalue weighted by molar-refractivity contribution is 7.89. The second kappa shape index (κ2) is 5.89. The molecule has 0 aromatic heterocycles. The highest BCUT2D eigenvalue weighted by Crippen LogP contribution is 2.27. The highest BCUT2D eigenvalue weighted by atomic mass is 35.5. The number of rotatable bonds is 3. The smallest absolute Gasteiger partial charge is 0.306 e. The first-order valence-corrected chi connectivity index (χ1v) is 8.19. The predicted octanol–water partition coefficient (Wildman–Crippen LogP) is 2.48. The Morgan fingerprint density at radius 1 is 1.15 bits per heavy atom. The van der Waals surface area contributed by atoms with E-state index in [0.717, 1.165) is 0 Å². The van der Waals surface area contributed by atoms with Gasteiger partial charge in [0, 0.05) is 23.1 Å². The van der Waals surface area contributed by atoms with Crippen molar-refractivity contribution < 1.29 is 18.3 Å². The van der Waals surface area contributed by atoms with E-state index in [0.29, 0.717) is 12.8 Å². The third-order valence-electron chi connectivity index (χ3n) is 3.28. The van der Waals surface area contributed by atoms with Crippen LogP contribution in [-0.2, 0) is 14.8 Å². The van der Waals surface area contributed by atoms with Crippen LogP contribution in [0.3, 0.4) is 0 Å². The number of carboxylic acids is 1. The standard InChI is InChI=1S/C12H13Cl2NO4S/c13-9-5-10(14)7-11(6-9)20(18,19)15-3-1-8(2-4-15)12(16)17/h5-8H,1-4H2,(H,16,17). The number of carboxylic acid groups (broad SMARTS) is 1. The molecule has 2 rings (SSSR count). The van der Waals surface area contributed by atoms with E-state index < -0.39 is 21.9 Å². The number of nitrogens with zero attached hydrogens (tertiary/aromatic N) is 1. The van der Waals surface area contributed by atoms with Crippen LogP contribution in [-0.4, -0.2) is 36.9 Å². The highest BCUT2D eigenvalue weighted by Gasteiger charge is 2.32. The minimum atomic E-state index is -3.68. The largest absolute Gasteiger partial charge is 0.481 e. The van der Waals surface area contributed by atoms with Gasteiger partial charge in [-0.1, -0.05) is 23.2 Å². The summed E-state index contributed by atoms with van der Waals surface area (Å²) in [5.41, 5.74) is 0. The zero-order valence-electron chi connectivity index (χ0n) is 10.4. The predicted molar refractivity (Wildman–Crippen MR) is 75.6 cm³/mol. The van der Waals surface area contributed by atoms with Gasteiger partial charge in [-0.2, -0.15) is 4.31 Å². The lowest BCUT2D eigenvalue weighted by Crippen LogP contribution is -2.40. The summed E-state index contributed by atoms with van der Waals surface area (Å²) in [7, 11) is -3.68. The molecule has 0 spiro atoms. The van der Waals surface area contributed by atoms with Crippen molar-refractivity contribution in [3.8, 4) is 0 Å². The Kier molecular flexibility index (Phi) is 4.59. The fraction of sp³-hybridized carbons (Fsp3) is 0.417. The van der Waals surface area contributed by atoms with Crippen LogP contribution < -0.4 is 0 Å². The molecular formula is C12H13Cl2NO4S. The molecule has 8 heteroatoms. The Morgan fingerprint density at radius 3 is 2.10 bits per heavy atom. The van der Waals surface area contributed by atoms with Gasteiger partial charge < -0.3 is 5.11 Å². The minimum absolute atomic E-state index is 0.0313. The van der Waals surface area contributed by atoms with Crippen molar-refractivity contribution in [1.29, 1.82) is 0 Å². The molecule has 1 N–H and O–H groups in total. The number of aliphatic carboxylic acids is 1. The van der Waals surface area contributed by atoms with Crippen LogP contribution in [0.2, 0.25) is 10.0 Å². The second-order valence-corrected chi connectivity index (χ2v) is 7.43. The van der Waals surface area contributed by atoms with Crippen LogP contribution >= 0.6 is 23.2 Å². The van der Waals surface area contributed by atoms with Crippen molar-refractivity contribution in [2.75, 3.05) is 13.1 Å². The van der Waals surface area contributed by atoms with Crippen LogP contribution in [0.4, 0.5) is 0 Å². The van der Waals surface area contributed by atoms with Gasteiger partial charge in [-0.05, 0) is 31.0 Å². The second-order valence-electron chi connectivity index (χ2n) is 4.62. The molecule has 0 saturated carbocycles. The molecule has 1 aromatic carbocycles. The van der Waals surface area contributed by atoms with Gasteiger partial charge in [-0.3, -0.25) is 4.79 Å². The van der Waals surface area contributed by atoms with Crippen molar-refractivity contribution in [3.63, 3.8) is 0 Å². The first-order chi connectivity index (χ1) is 9.30. The molecule has 0 unspecified atom stereocenters. The van der Waals surface area contributed by atoms with E-state index in [1.165, 1.54) is 22.5 Å². The van der Waals surface area contributed by atoms with E-state index >= 15 is 0 Å². The number of hydrogen-bond acceptors (Lipinski definition) is 3. The maximum absolute atomic E-state index is 12.4. The molecule has 1 aromatic rings. The van der Waals surface area contributed by atoms with Crippen LogP contribution in [0.1, 0.15) is 12.8 Å². The SMILES string of the molecule is O=C(O)C1CCN(S(=O)(=O)c2cc(Cl)cc(Cl)c2)CC1. The minimum Gasteiger partial charge on any atom is -0.481 e. The molecule has 5 nitrogen and oxygen atoms in total. The first kappa shape index (κ1) is 15.6. The molecule has 0 amide bonds. The van der Waals surface area contributed by atoms with Crippen molar-refractivity contribution in [2.45, 2.75) is 17.7 Å². The molecule has 1 fully saturated rings. The molecule has 0 radical (unpaired) electrons. The van der Waals surface area contributed by atoms with E-state index in [1.807, 2.05) is 0 Å². The molecule has 110 valence electrons. The Hall–Kier alpha value is -0.820. The Morgan fingerprint density at radius 2 is 1.65 bits per heavy atom. The third-order valence-corrected chi connectivity index (χ3v) is 5.59. The maximum Gasteiger partial charge on any atom is 0.306 e.